The molecular formula is C24H28N2O4. The third kappa shape index (κ3) is 5.69. The average molecular weight is 408 g/mol. The highest BCUT2D eigenvalue weighted by Gasteiger charge is 2.29. The lowest BCUT2D eigenvalue weighted by Crippen LogP contribution is -2.47. The zero-order chi connectivity index (χ0) is 21.3. The lowest BCUT2D eigenvalue weighted by molar-refractivity contribution is -0.142. The highest BCUT2D eigenvalue weighted by Crippen LogP contribution is 2.24. The lowest BCUT2D eigenvalue weighted by atomic mass is 9.89. The molecule has 1 aliphatic rings. The number of ketones is 1. The van der Waals surface area contributed by atoms with E-state index in [2.05, 4.69) is 5.32 Å². The van der Waals surface area contributed by atoms with Crippen LogP contribution in [-0.2, 0) is 9.53 Å². The minimum atomic E-state index is -0.330. The lowest BCUT2D eigenvalue weighted by Gasteiger charge is -2.32. The number of carbonyl (C=O) groups excluding carboxylic acids is 3. The summed E-state index contributed by atoms with van der Waals surface area (Å²) in [5, 5.41) is 2.74. The van der Waals surface area contributed by atoms with Crippen LogP contribution in [0.3, 0.4) is 0 Å². The van der Waals surface area contributed by atoms with Crippen molar-refractivity contribution in [3.05, 3.63) is 60.2 Å². The molecule has 1 fully saturated rings. The van der Waals surface area contributed by atoms with Gasteiger partial charge in [-0.15, -0.1) is 0 Å². The van der Waals surface area contributed by atoms with E-state index in [1.807, 2.05) is 54.6 Å². The fraction of sp³-hybridized carbons (Fsp3) is 0.375. The maximum absolute atomic E-state index is 13.0. The molecule has 1 atom stereocenters. The first-order valence-corrected chi connectivity index (χ1v) is 10.5. The standard InChI is InChI=1S/C24H28N2O4/c1-2-30-22(27)14-15-25-24(29)26-16-6-9-21(17-26)23(28)20-12-10-19(11-13-20)18-7-4-3-5-8-18/h3-5,7-8,10-13,21H,2,6,9,14-17H2,1H3,(H,25,29)/t21-/m0/s1. The molecule has 0 aliphatic carbocycles. The molecule has 30 heavy (non-hydrogen) atoms. The van der Waals surface area contributed by atoms with Gasteiger partial charge in [-0.3, -0.25) is 9.59 Å². The smallest absolute Gasteiger partial charge is 0.317 e. The minimum Gasteiger partial charge on any atom is -0.466 e. The van der Waals surface area contributed by atoms with Gasteiger partial charge in [0.05, 0.1) is 13.0 Å². The van der Waals surface area contributed by atoms with Crippen molar-refractivity contribution >= 4 is 17.8 Å². The molecular weight excluding hydrogens is 380 g/mol. The minimum absolute atomic E-state index is 0.0682. The molecule has 6 heteroatoms. The number of benzene rings is 2. The molecule has 0 unspecified atom stereocenters. The number of rotatable bonds is 7. The number of urea groups is 1. The molecule has 0 radical (unpaired) electrons. The van der Waals surface area contributed by atoms with Crippen LogP contribution in [-0.4, -0.2) is 48.9 Å². The van der Waals surface area contributed by atoms with E-state index in [1.165, 1.54) is 0 Å². The molecule has 1 saturated heterocycles. The van der Waals surface area contributed by atoms with E-state index in [4.69, 9.17) is 4.74 Å². The molecule has 1 aliphatic heterocycles. The van der Waals surface area contributed by atoms with Crippen LogP contribution in [0.4, 0.5) is 4.79 Å². The Labute approximate surface area is 177 Å². The van der Waals surface area contributed by atoms with E-state index in [0.717, 1.165) is 24.0 Å². The SMILES string of the molecule is CCOC(=O)CCNC(=O)N1CCC[C@H](C(=O)c2ccc(-c3ccccc3)cc2)C1. The number of piperidine rings is 1. The zero-order valence-electron chi connectivity index (χ0n) is 17.3. The molecule has 1 N–H and O–H groups in total. The molecule has 0 saturated carbocycles. The van der Waals surface area contributed by atoms with Gasteiger partial charge in [0.2, 0.25) is 0 Å². The highest BCUT2D eigenvalue weighted by molar-refractivity contribution is 5.98. The Hall–Kier alpha value is -3.15. The summed E-state index contributed by atoms with van der Waals surface area (Å²) in [5.41, 5.74) is 2.85. The largest absolute Gasteiger partial charge is 0.466 e. The Kier molecular flexibility index (Phi) is 7.60. The third-order valence-electron chi connectivity index (χ3n) is 5.27. The predicted molar refractivity (Wildman–Crippen MR) is 115 cm³/mol. The molecule has 2 aromatic rings. The van der Waals surface area contributed by atoms with E-state index in [1.54, 1.807) is 11.8 Å². The molecule has 3 rings (SSSR count). The molecule has 0 bridgehead atoms. The normalized spacial score (nSPS) is 16.0. The van der Waals surface area contributed by atoms with Crippen molar-refractivity contribution in [3.8, 4) is 11.1 Å². The zero-order valence-corrected chi connectivity index (χ0v) is 17.3. The van der Waals surface area contributed by atoms with Crippen LogP contribution in [0.1, 0.15) is 36.5 Å². The Bertz CT molecular complexity index is 865. The number of likely N-dealkylation sites (tertiary alicyclic amines) is 1. The van der Waals surface area contributed by atoms with Crippen molar-refractivity contribution in [2.75, 3.05) is 26.2 Å². The molecule has 1 heterocycles. The summed E-state index contributed by atoms with van der Waals surface area (Å²) >= 11 is 0. The number of nitrogens with one attached hydrogen (secondary N) is 1. The van der Waals surface area contributed by atoms with Gasteiger partial charge in [-0.05, 0) is 30.9 Å². The Morgan fingerprint density at radius 2 is 1.73 bits per heavy atom. The van der Waals surface area contributed by atoms with Crippen molar-refractivity contribution in [3.63, 3.8) is 0 Å². The van der Waals surface area contributed by atoms with Crippen LogP contribution in [0.15, 0.2) is 54.6 Å². The number of hydrogen-bond donors (Lipinski definition) is 1. The van der Waals surface area contributed by atoms with Crippen molar-refractivity contribution < 1.29 is 19.1 Å². The Balaban J connectivity index is 1.55. The molecule has 0 spiro atoms. The number of Topliss-reactive ketones (excluding diaryl/α,β-unsaturated/α-hetero) is 1. The number of esters is 1. The molecule has 2 amide bonds. The topological polar surface area (TPSA) is 75.7 Å². The van der Waals surface area contributed by atoms with Gasteiger partial charge >= 0.3 is 12.0 Å². The van der Waals surface area contributed by atoms with E-state index in [0.29, 0.717) is 25.3 Å². The van der Waals surface area contributed by atoms with Gasteiger partial charge in [-0.1, -0.05) is 54.6 Å². The van der Waals surface area contributed by atoms with Gasteiger partial charge in [0.1, 0.15) is 0 Å². The first-order chi connectivity index (χ1) is 14.6. The molecule has 158 valence electrons. The van der Waals surface area contributed by atoms with Crippen LogP contribution in [0, 0.1) is 5.92 Å². The van der Waals surface area contributed by atoms with Gasteiger partial charge < -0.3 is 15.0 Å². The fourth-order valence-corrected chi connectivity index (χ4v) is 3.69. The van der Waals surface area contributed by atoms with Crippen LogP contribution in [0.2, 0.25) is 0 Å². The summed E-state index contributed by atoms with van der Waals surface area (Å²) in [5.74, 6) is -0.473. The van der Waals surface area contributed by atoms with E-state index in [-0.39, 0.29) is 36.7 Å². The van der Waals surface area contributed by atoms with Gasteiger partial charge in [0.25, 0.3) is 0 Å². The maximum Gasteiger partial charge on any atom is 0.317 e. The number of amides is 2. The summed E-state index contributed by atoms with van der Waals surface area (Å²) in [6.07, 6.45) is 1.69. The van der Waals surface area contributed by atoms with Crippen LogP contribution in [0.5, 0.6) is 0 Å². The van der Waals surface area contributed by atoms with Gasteiger partial charge in [0.15, 0.2) is 5.78 Å². The third-order valence-corrected chi connectivity index (χ3v) is 5.27. The van der Waals surface area contributed by atoms with E-state index >= 15 is 0 Å². The average Bonchev–Trinajstić information content (AvgIpc) is 2.79. The molecule has 0 aromatic heterocycles. The number of nitrogens with zero attached hydrogens (tertiary/aromatic N) is 1. The fourth-order valence-electron chi connectivity index (χ4n) is 3.69. The predicted octanol–water partition coefficient (Wildman–Crippen LogP) is 3.91. The second kappa shape index (κ2) is 10.6. The molecule has 6 nitrogen and oxygen atoms in total. The van der Waals surface area contributed by atoms with E-state index in [9.17, 15) is 14.4 Å². The second-order valence-electron chi connectivity index (χ2n) is 7.38. The Morgan fingerprint density at radius 1 is 1.03 bits per heavy atom. The van der Waals surface area contributed by atoms with Crippen LogP contribution < -0.4 is 5.32 Å². The van der Waals surface area contributed by atoms with Crippen molar-refractivity contribution in [2.45, 2.75) is 26.2 Å². The van der Waals surface area contributed by atoms with Crippen LogP contribution >= 0.6 is 0 Å². The highest BCUT2D eigenvalue weighted by atomic mass is 16.5. The van der Waals surface area contributed by atoms with Gasteiger partial charge in [-0.25, -0.2) is 4.79 Å². The number of hydrogen-bond acceptors (Lipinski definition) is 4. The molecule has 2 aromatic carbocycles. The first kappa shape index (κ1) is 21.6. The van der Waals surface area contributed by atoms with Gasteiger partial charge in [-0.2, -0.15) is 0 Å². The Morgan fingerprint density at radius 3 is 2.43 bits per heavy atom. The van der Waals surface area contributed by atoms with Crippen molar-refractivity contribution in [2.24, 2.45) is 5.92 Å². The first-order valence-electron chi connectivity index (χ1n) is 10.5. The summed E-state index contributed by atoms with van der Waals surface area (Å²) < 4.78 is 4.85. The van der Waals surface area contributed by atoms with Crippen LogP contribution in [0.25, 0.3) is 11.1 Å². The van der Waals surface area contributed by atoms with Crippen molar-refractivity contribution in [1.82, 2.24) is 10.2 Å². The summed E-state index contributed by atoms with van der Waals surface area (Å²) in [6, 6.07) is 17.4. The van der Waals surface area contributed by atoms with Crippen molar-refractivity contribution in [1.29, 1.82) is 0 Å². The van der Waals surface area contributed by atoms with Gasteiger partial charge in [0, 0.05) is 31.1 Å². The quantitative estimate of drug-likeness (QED) is 0.557. The maximum atomic E-state index is 13.0. The monoisotopic (exact) mass is 408 g/mol. The summed E-state index contributed by atoms with van der Waals surface area (Å²) in [4.78, 5) is 38.4. The number of carbonyl (C=O) groups is 3. The number of ether oxygens (including phenoxy) is 1. The summed E-state index contributed by atoms with van der Waals surface area (Å²) in [6.45, 7) is 3.31. The van der Waals surface area contributed by atoms with E-state index < -0.39 is 0 Å². The summed E-state index contributed by atoms with van der Waals surface area (Å²) in [7, 11) is 0. The second-order valence-corrected chi connectivity index (χ2v) is 7.38.